The first-order valence-electron chi connectivity index (χ1n) is 10.7. The number of nitrogens with one attached hydrogen (secondary N) is 1. The highest BCUT2D eigenvalue weighted by Gasteiger charge is 2.12. The Balaban J connectivity index is 1.51. The van der Waals surface area contributed by atoms with E-state index in [4.69, 9.17) is 37.4 Å². The van der Waals surface area contributed by atoms with Crippen LogP contribution in [0.1, 0.15) is 12.1 Å². The van der Waals surface area contributed by atoms with E-state index in [1.165, 1.54) is 0 Å². The summed E-state index contributed by atoms with van der Waals surface area (Å²) in [6.45, 7) is 7.26. The van der Waals surface area contributed by atoms with Gasteiger partial charge in [0.15, 0.2) is 0 Å². The Kier molecular flexibility index (Phi) is 7.58. The number of nitrogens with zero attached hydrogens (tertiary/aromatic N) is 2. The smallest absolute Gasteiger partial charge is 0.139 e. The van der Waals surface area contributed by atoms with Gasteiger partial charge in [0.05, 0.1) is 48.2 Å². The SMILES string of the molecule is COc1cc(Nc2cc(C)nc3ccc(OCCCN4CCOCC4)cc23)c(Cl)cc1Cl. The number of halogens is 2. The van der Waals surface area contributed by atoms with E-state index in [2.05, 4.69) is 15.2 Å². The number of aromatic nitrogens is 1. The van der Waals surface area contributed by atoms with Crippen molar-refractivity contribution in [3.8, 4) is 11.5 Å². The lowest BCUT2D eigenvalue weighted by Gasteiger charge is -2.26. The number of hydrogen-bond acceptors (Lipinski definition) is 6. The van der Waals surface area contributed by atoms with Gasteiger partial charge in [-0.2, -0.15) is 0 Å². The molecular weight excluding hydrogens is 449 g/mol. The molecule has 2 aromatic carbocycles. The van der Waals surface area contributed by atoms with Crippen LogP contribution in [-0.4, -0.2) is 56.4 Å². The predicted molar refractivity (Wildman–Crippen MR) is 130 cm³/mol. The third-order valence-electron chi connectivity index (χ3n) is 5.41. The van der Waals surface area contributed by atoms with Gasteiger partial charge in [0.2, 0.25) is 0 Å². The molecule has 0 aliphatic carbocycles. The van der Waals surface area contributed by atoms with Gasteiger partial charge in [0.25, 0.3) is 0 Å². The monoisotopic (exact) mass is 475 g/mol. The Morgan fingerprint density at radius 2 is 1.88 bits per heavy atom. The van der Waals surface area contributed by atoms with Crippen LogP contribution in [0.4, 0.5) is 11.4 Å². The molecule has 0 spiro atoms. The van der Waals surface area contributed by atoms with E-state index in [0.717, 1.165) is 67.3 Å². The van der Waals surface area contributed by atoms with Crippen LogP contribution in [0, 0.1) is 6.92 Å². The zero-order valence-electron chi connectivity index (χ0n) is 18.3. The fourth-order valence-corrected chi connectivity index (χ4v) is 4.27. The number of rotatable bonds is 8. The molecule has 4 rings (SSSR count). The molecule has 3 aromatic rings. The van der Waals surface area contributed by atoms with Crippen LogP contribution in [0.2, 0.25) is 10.0 Å². The highest BCUT2D eigenvalue weighted by molar-refractivity contribution is 6.37. The first kappa shape index (κ1) is 22.9. The van der Waals surface area contributed by atoms with E-state index < -0.39 is 0 Å². The summed E-state index contributed by atoms with van der Waals surface area (Å²) in [6, 6.07) is 11.4. The molecule has 0 unspecified atom stereocenters. The standard InChI is InChI=1S/C24H27Cl2N3O3/c1-16-12-22(28-23-15-24(30-2)20(26)14-19(23)25)18-13-17(4-5-21(18)27-16)32-9-3-6-29-7-10-31-11-8-29/h4-5,12-15H,3,6-11H2,1-2H3,(H,27,28). The van der Waals surface area contributed by atoms with Gasteiger partial charge in [0.1, 0.15) is 11.5 Å². The average Bonchev–Trinajstić information content (AvgIpc) is 2.79. The molecule has 2 heterocycles. The lowest BCUT2D eigenvalue weighted by molar-refractivity contribution is 0.0358. The molecule has 1 N–H and O–H groups in total. The zero-order chi connectivity index (χ0) is 22.5. The number of ether oxygens (including phenoxy) is 3. The number of pyridine rings is 1. The van der Waals surface area contributed by atoms with Gasteiger partial charge in [-0.3, -0.25) is 9.88 Å². The van der Waals surface area contributed by atoms with E-state index in [1.807, 2.05) is 31.2 Å². The summed E-state index contributed by atoms with van der Waals surface area (Å²) in [5.74, 6) is 1.37. The number of fused-ring (bicyclic) bond motifs is 1. The van der Waals surface area contributed by atoms with Gasteiger partial charge < -0.3 is 19.5 Å². The molecule has 0 radical (unpaired) electrons. The molecule has 0 bridgehead atoms. The molecule has 0 amide bonds. The lowest BCUT2D eigenvalue weighted by atomic mass is 10.1. The normalized spacial score (nSPS) is 14.5. The zero-order valence-corrected chi connectivity index (χ0v) is 19.8. The van der Waals surface area contributed by atoms with Crippen molar-refractivity contribution in [1.29, 1.82) is 0 Å². The largest absolute Gasteiger partial charge is 0.495 e. The van der Waals surface area contributed by atoms with E-state index >= 15 is 0 Å². The molecule has 1 fully saturated rings. The molecule has 1 aliphatic heterocycles. The minimum Gasteiger partial charge on any atom is -0.495 e. The summed E-state index contributed by atoms with van der Waals surface area (Å²) in [6.07, 6.45) is 0.968. The number of methoxy groups -OCH3 is 1. The summed E-state index contributed by atoms with van der Waals surface area (Å²) in [5, 5.41) is 5.33. The summed E-state index contributed by atoms with van der Waals surface area (Å²) in [5.41, 5.74) is 3.37. The third kappa shape index (κ3) is 5.56. The fraction of sp³-hybridized carbons (Fsp3) is 0.375. The summed E-state index contributed by atoms with van der Waals surface area (Å²) in [7, 11) is 1.58. The van der Waals surface area contributed by atoms with Crippen LogP contribution in [-0.2, 0) is 4.74 Å². The molecule has 0 atom stereocenters. The van der Waals surface area contributed by atoms with Crippen LogP contribution >= 0.6 is 23.2 Å². The summed E-state index contributed by atoms with van der Waals surface area (Å²) in [4.78, 5) is 7.06. The van der Waals surface area contributed by atoms with E-state index in [-0.39, 0.29) is 0 Å². The molecular formula is C24H27Cl2N3O3. The van der Waals surface area contributed by atoms with Crippen LogP contribution in [0.15, 0.2) is 36.4 Å². The maximum Gasteiger partial charge on any atom is 0.139 e. The minimum absolute atomic E-state index is 0.464. The maximum absolute atomic E-state index is 6.42. The molecule has 6 nitrogen and oxygen atoms in total. The summed E-state index contributed by atoms with van der Waals surface area (Å²) >= 11 is 12.6. The second kappa shape index (κ2) is 10.6. The Morgan fingerprint density at radius 3 is 2.66 bits per heavy atom. The molecule has 1 aliphatic rings. The molecule has 32 heavy (non-hydrogen) atoms. The van der Waals surface area contributed by atoms with Gasteiger partial charge in [0, 0.05) is 42.5 Å². The highest BCUT2D eigenvalue weighted by Crippen LogP contribution is 2.37. The van der Waals surface area contributed by atoms with E-state index in [9.17, 15) is 0 Å². The van der Waals surface area contributed by atoms with Crippen molar-refractivity contribution in [3.63, 3.8) is 0 Å². The third-order valence-corrected chi connectivity index (χ3v) is 6.02. The Bertz CT molecular complexity index is 1090. The van der Waals surface area contributed by atoms with Gasteiger partial charge in [-0.25, -0.2) is 0 Å². The van der Waals surface area contributed by atoms with E-state index in [0.29, 0.717) is 28.1 Å². The Labute approximate surface area is 198 Å². The lowest BCUT2D eigenvalue weighted by Crippen LogP contribution is -2.37. The van der Waals surface area contributed by atoms with Crippen LogP contribution < -0.4 is 14.8 Å². The van der Waals surface area contributed by atoms with Gasteiger partial charge in [-0.1, -0.05) is 23.2 Å². The molecule has 170 valence electrons. The topological polar surface area (TPSA) is 55.8 Å². The van der Waals surface area contributed by atoms with Crippen molar-refractivity contribution in [2.24, 2.45) is 0 Å². The number of anilines is 2. The Morgan fingerprint density at radius 1 is 1.06 bits per heavy atom. The number of aryl methyl sites for hydroxylation is 1. The first-order chi connectivity index (χ1) is 15.5. The fourth-order valence-electron chi connectivity index (χ4n) is 3.76. The molecule has 0 saturated carbocycles. The first-order valence-corrected chi connectivity index (χ1v) is 11.4. The van der Waals surface area contributed by atoms with Crippen molar-refractivity contribution in [3.05, 3.63) is 52.1 Å². The van der Waals surface area contributed by atoms with Crippen LogP contribution in [0.25, 0.3) is 10.9 Å². The van der Waals surface area contributed by atoms with Crippen molar-refractivity contribution in [1.82, 2.24) is 9.88 Å². The predicted octanol–water partition coefficient (Wildman–Crippen LogP) is 5.70. The van der Waals surface area contributed by atoms with Crippen molar-refractivity contribution in [2.45, 2.75) is 13.3 Å². The van der Waals surface area contributed by atoms with Crippen molar-refractivity contribution in [2.75, 3.05) is 51.9 Å². The van der Waals surface area contributed by atoms with Gasteiger partial charge in [-0.05, 0) is 43.7 Å². The quantitative estimate of drug-likeness (QED) is 0.421. The van der Waals surface area contributed by atoms with E-state index in [1.54, 1.807) is 19.2 Å². The van der Waals surface area contributed by atoms with Crippen molar-refractivity contribution >= 4 is 45.5 Å². The van der Waals surface area contributed by atoms with Gasteiger partial charge >= 0.3 is 0 Å². The minimum atomic E-state index is 0.464. The number of benzene rings is 2. The van der Waals surface area contributed by atoms with Crippen LogP contribution in [0.5, 0.6) is 11.5 Å². The molecule has 1 saturated heterocycles. The number of morpholine rings is 1. The average molecular weight is 476 g/mol. The second-order valence-electron chi connectivity index (χ2n) is 7.74. The molecule has 1 aromatic heterocycles. The number of hydrogen-bond donors (Lipinski definition) is 1. The second-order valence-corrected chi connectivity index (χ2v) is 8.55. The maximum atomic E-state index is 6.42. The van der Waals surface area contributed by atoms with Gasteiger partial charge in [-0.15, -0.1) is 0 Å². The summed E-state index contributed by atoms with van der Waals surface area (Å²) < 4.78 is 16.8. The molecule has 8 heteroatoms. The van der Waals surface area contributed by atoms with Crippen LogP contribution in [0.3, 0.4) is 0 Å². The van der Waals surface area contributed by atoms with Crippen molar-refractivity contribution < 1.29 is 14.2 Å². The highest BCUT2D eigenvalue weighted by atomic mass is 35.5. The Hall–Kier alpha value is -2.25.